The molecule has 1 aromatic heterocycles. The first-order valence-electron chi connectivity index (χ1n) is 8.31. The number of hydrogen-bond acceptors (Lipinski definition) is 7. The second-order valence-corrected chi connectivity index (χ2v) is 6.01. The molecule has 8 nitrogen and oxygen atoms in total. The second kappa shape index (κ2) is 7.81. The minimum atomic E-state index is -0.712. The topological polar surface area (TPSA) is 95.9 Å². The van der Waals surface area contributed by atoms with Gasteiger partial charge in [0.05, 0.1) is 0 Å². The fourth-order valence-electron chi connectivity index (χ4n) is 2.72. The van der Waals surface area contributed by atoms with Gasteiger partial charge in [-0.25, -0.2) is 14.8 Å². The highest BCUT2D eigenvalue weighted by Gasteiger charge is 2.23. The Bertz CT molecular complexity index is 789. The number of phenols is 1. The molecule has 3 rings (SSSR count). The standard InChI is InChI=1S/C18H20N4O4/c1-13-3-4-15(23)14(11-13)17(25)26-12-16(24)21-7-9-22(10-8-21)18-19-5-2-6-20-18/h2-6,11,23H,7-10,12H2,1H3. The molecule has 2 heterocycles. The summed E-state index contributed by atoms with van der Waals surface area (Å²) >= 11 is 0. The number of phenolic OH excluding ortho intramolecular Hbond substituents is 1. The summed E-state index contributed by atoms with van der Waals surface area (Å²) in [5.74, 6) is -0.500. The number of hydrogen-bond donors (Lipinski definition) is 1. The fourth-order valence-corrected chi connectivity index (χ4v) is 2.72. The lowest BCUT2D eigenvalue weighted by Gasteiger charge is -2.34. The molecule has 0 saturated carbocycles. The van der Waals surface area contributed by atoms with Crippen molar-refractivity contribution in [2.45, 2.75) is 6.92 Å². The van der Waals surface area contributed by atoms with E-state index in [0.29, 0.717) is 32.1 Å². The number of benzene rings is 1. The highest BCUT2D eigenvalue weighted by molar-refractivity contribution is 5.94. The van der Waals surface area contributed by atoms with E-state index in [-0.39, 0.29) is 23.8 Å². The van der Waals surface area contributed by atoms with E-state index in [2.05, 4.69) is 9.97 Å². The first-order chi connectivity index (χ1) is 12.5. The van der Waals surface area contributed by atoms with Crippen LogP contribution in [-0.4, -0.2) is 64.6 Å². The maximum absolute atomic E-state index is 12.3. The largest absolute Gasteiger partial charge is 0.507 e. The summed E-state index contributed by atoms with van der Waals surface area (Å²) in [7, 11) is 0. The van der Waals surface area contributed by atoms with Crippen molar-refractivity contribution in [1.29, 1.82) is 0 Å². The van der Waals surface area contributed by atoms with Crippen LogP contribution in [-0.2, 0) is 9.53 Å². The monoisotopic (exact) mass is 356 g/mol. The third-order valence-electron chi connectivity index (χ3n) is 4.17. The highest BCUT2D eigenvalue weighted by atomic mass is 16.5. The Kier molecular flexibility index (Phi) is 5.31. The molecular formula is C18H20N4O4. The zero-order valence-electron chi connectivity index (χ0n) is 14.5. The predicted molar refractivity (Wildman–Crippen MR) is 94.0 cm³/mol. The van der Waals surface area contributed by atoms with Crippen molar-refractivity contribution in [3.05, 3.63) is 47.8 Å². The van der Waals surface area contributed by atoms with Crippen LogP contribution in [0.5, 0.6) is 5.75 Å². The molecular weight excluding hydrogens is 336 g/mol. The van der Waals surface area contributed by atoms with Crippen molar-refractivity contribution in [1.82, 2.24) is 14.9 Å². The molecule has 0 radical (unpaired) electrons. The van der Waals surface area contributed by atoms with Gasteiger partial charge in [0.1, 0.15) is 11.3 Å². The smallest absolute Gasteiger partial charge is 0.342 e. The van der Waals surface area contributed by atoms with Crippen molar-refractivity contribution in [2.75, 3.05) is 37.7 Å². The summed E-state index contributed by atoms with van der Waals surface area (Å²) in [4.78, 5) is 36.4. The maximum Gasteiger partial charge on any atom is 0.342 e. The third-order valence-corrected chi connectivity index (χ3v) is 4.17. The van der Waals surface area contributed by atoms with Crippen molar-refractivity contribution in [3.8, 4) is 5.75 Å². The van der Waals surface area contributed by atoms with Gasteiger partial charge in [-0.2, -0.15) is 0 Å². The van der Waals surface area contributed by atoms with E-state index in [1.165, 1.54) is 12.1 Å². The lowest BCUT2D eigenvalue weighted by atomic mass is 10.1. The quantitative estimate of drug-likeness (QED) is 0.816. The highest BCUT2D eigenvalue weighted by Crippen LogP contribution is 2.19. The van der Waals surface area contributed by atoms with E-state index in [1.807, 2.05) is 4.90 Å². The summed E-state index contributed by atoms with van der Waals surface area (Å²) in [5.41, 5.74) is 0.879. The van der Waals surface area contributed by atoms with Gasteiger partial charge in [0.15, 0.2) is 6.61 Å². The fraction of sp³-hybridized carbons (Fsp3) is 0.333. The number of carbonyl (C=O) groups excluding carboxylic acids is 2. The van der Waals surface area contributed by atoms with Crippen LogP contribution >= 0.6 is 0 Å². The van der Waals surface area contributed by atoms with Gasteiger partial charge in [-0.15, -0.1) is 0 Å². The SMILES string of the molecule is Cc1ccc(O)c(C(=O)OCC(=O)N2CCN(c3ncccn3)CC2)c1. The lowest BCUT2D eigenvalue weighted by Crippen LogP contribution is -2.50. The minimum absolute atomic E-state index is 0.0591. The average molecular weight is 356 g/mol. The summed E-state index contributed by atoms with van der Waals surface area (Å²) in [6.45, 7) is 3.69. The van der Waals surface area contributed by atoms with E-state index >= 15 is 0 Å². The van der Waals surface area contributed by atoms with E-state index in [1.54, 1.807) is 36.4 Å². The molecule has 0 atom stereocenters. The Morgan fingerprint density at radius 1 is 1.15 bits per heavy atom. The molecule has 1 fully saturated rings. The van der Waals surface area contributed by atoms with Crippen LogP contribution in [0.1, 0.15) is 15.9 Å². The molecule has 0 unspecified atom stereocenters. The number of esters is 1. The average Bonchev–Trinajstić information content (AvgIpc) is 2.68. The summed E-state index contributed by atoms with van der Waals surface area (Å²) in [6.07, 6.45) is 3.36. The predicted octanol–water partition coefficient (Wildman–Crippen LogP) is 0.996. The number of carbonyl (C=O) groups is 2. The van der Waals surface area contributed by atoms with Crippen LogP contribution in [0, 0.1) is 6.92 Å². The van der Waals surface area contributed by atoms with Gasteiger partial charge in [0, 0.05) is 38.6 Å². The minimum Gasteiger partial charge on any atom is -0.507 e. The van der Waals surface area contributed by atoms with Crippen molar-refractivity contribution in [3.63, 3.8) is 0 Å². The van der Waals surface area contributed by atoms with Gasteiger partial charge in [0.25, 0.3) is 5.91 Å². The van der Waals surface area contributed by atoms with Crippen LogP contribution in [0.3, 0.4) is 0 Å². The Balaban J connectivity index is 1.50. The van der Waals surface area contributed by atoms with Crippen LogP contribution in [0.2, 0.25) is 0 Å². The number of anilines is 1. The van der Waals surface area contributed by atoms with Crippen LogP contribution in [0.15, 0.2) is 36.7 Å². The summed E-state index contributed by atoms with van der Waals surface area (Å²) < 4.78 is 5.06. The van der Waals surface area contributed by atoms with E-state index in [4.69, 9.17) is 4.74 Å². The Hall–Kier alpha value is -3.16. The molecule has 0 aliphatic carbocycles. The van der Waals surface area contributed by atoms with Crippen molar-refractivity contribution >= 4 is 17.8 Å². The zero-order chi connectivity index (χ0) is 18.5. The van der Waals surface area contributed by atoms with E-state index in [9.17, 15) is 14.7 Å². The first kappa shape index (κ1) is 17.7. The van der Waals surface area contributed by atoms with Gasteiger partial charge in [-0.1, -0.05) is 11.6 Å². The normalized spacial score (nSPS) is 14.2. The zero-order valence-corrected chi connectivity index (χ0v) is 14.5. The Morgan fingerprint density at radius 2 is 1.85 bits per heavy atom. The molecule has 0 bridgehead atoms. The second-order valence-electron chi connectivity index (χ2n) is 6.01. The number of piperazine rings is 1. The number of ether oxygens (including phenoxy) is 1. The molecule has 136 valence electrons. The Morgan fingerprint density at radius 3 is 2.54 bits per heavy atom. The molecule has 1 saturated heterocycles. The molecule has 1 aromatic carbocycles. The van der Waals surface area contributed by atoms with Gasteiger partial charge in [0.2, 0.25) is 5.95 Å². The molecule has 1 amide bonds. The molecule has 0 spiro atoms. The van der Waals surface area contributed by atoms with Crippen molar-refractivity contribution in [2.24, 2.45) is 0 Å². The number of nitrogens with zero attached hydrogens (tertiary/aromatic N) is 4. The first-order valence-corrected chi connectivity index (χ1v) is 8.31. The van der Waals surface area contributed by atoms with Gasteiger partial charge in [-0.05, 0) is 25.1 Å². The molecule has 1 aliphatic rings. The summed E-state index contributed by atoms with van der Waals surface area (Å²) in [5, 5.41) is 9.74. The van der Waals surface area contributed by atoms with Gasteiger partial charge < -0.3 is 19.6 Å². The number of aryl methyl sites for hydroxylation is 1. The van der Waals surface area contributed by atoms with Crippen LogP contribution in [0.25, 0.3) is 0 Å². The number of aromatic nitrogens is 2. The lowest BCUT2D eigenvalue weighted by molar-refractivity contribution is -0.134. The van der Waals surface area contributed by atoms with Gasteiger partial charge >= 0.3 is 5.97 Å². The van der Waals surface area contributed by atoms with E-state index in [0.717, 1.165) is 5.56 Å². The maximum atomic E-state index is 12.3. The molecule has 1 N–H and O–H groups in total. The molecule has 1 aliphatic heterocycles. The number of rotatable bonds is 4. The van der Waals surface area contributed by atoms with Gasteiger partial charge in [-0.3, -0.25) is 4.79 Å². The van der Waals surface area contributed by atoms with Crippen LogP contribution in [0.4, 0.5) is 5.95 Å². The third kappa shape index (κ3) is 4.08. The van der Waals surface area contributed by atoms with E-state index < -0.39 is 5.97 Å². The Labute approximate surface area is 151 Å². The number of aromatic hydroxyl groups is 1. The summed E-state index contributed by atoms with van der Waals surface area (Å²) in [6, 6.07) is 6.40. The van der Waals surface area contributed by atoms with Crippen LogP contribution < -0.4 is 4.90 Å². The number of amides is 1. The molecule has 8 heteroatoms. The molecule has 2 aromatic rings. The van der Waals surface area contributed by atoms with Crippen molar-refractivity contribution < 1.29 is 19.4 Å². The molecule has 26 heavy (non-hydrogen) atoms.